The lowest BCUT2D eigenvalue weighted by Gasteiger charge is -2.27. The lowest BCUT2D eigenvalue weighted by molar-refractivity contribution is -0.176. The first-order valence-electron chi connectivity index (χ1n) is 5.03. The molecule has 4 nitrogen and oxygen atoms in total. The summed E-state index contributed by atoms with van der Waals surface area (Å²) in [6.07, 6.45) is -5.99. The molecule has 0 bridgehead atoms. The number of nitrogens with zero attached hydrogens (tertiary/aromatic N) is 1. The number of halogens is 3. The van der Waals surface area contributed by atoms with Crippen LogP contribution < -0.4 is 0 Å². The monoisotopic (exact) mass is 255 g/mol. The van der Waals surface area contributed by atoms with E-state index in [-0.39, 0.29) is 12.3 Å². The smallest absolute Gasteiger partial charge is 0.452 e. The Hall–Kier alpha value is -1.27. The topological polar surface area (TPSA) is 46.6 Å². The van der Waals surface area contributed by atoms with Crippen LogP contribution in [0.2, 0.25) is 0 Å². The van der Waals surface area contributed by atoms with Crippen LogP contribution in [0.3, 0.4) is 0 Å². The molecule has 0 aromatic carbocycles. The Balaban J connectivity index is 5.01. The molecule has 0 aliphatic heterocycles. The maximum absolute atomic E-state index is 12.3. The Bertz CT molecular complexity index is 289. The van der Waals surface area contributed by atoms with Gasteiger partial charge in [-0.15, -0.1) is 0 Å². The van der Waals surface area contributed by atoms with Crippen molar-refractivity contribution >= 4 is 11.9 Å². The highest BCUT2D eigenvalue weighted by molar-refractivity contribution is 5.91. The van der Waals surface area contributed by atoms with Gasteiger partial charge in [0.15, 0.2) is 0 Å². The van der Waals surface area contributed by atoms with Crippen molar-refractivity contribution in [1.29, 1.82) is 0 Å². The van der Waals surface area contributed by atoms with E-state index in [0.717, 1.165) is 14.2 Å². The van der Waals surface area contributed by atoms with Gasteiger partial charge in [0.2, 0.25) is 0 Å². The molecular weight excluding hydrogens is 239 g/mol. The summed E-state index contributed by atoms with van der Waals surface area (Å²) < 4.78 is 41.4. The molecule has 0 aromatic rings. The zero-order valence-corrected chi connectivity index (χ0v) is 10.2. The van der Waals surface area contributed by atoms with E-state index in [2.05, 4.69) is 4.74 Å². The minimum atomic E-state index is -4.96. The van der Waals surface area contributed by atoms with Crippen LogP contribution in [0.25, 0.3) is 0 Å². The van der Waals surface area contributed by atoms with Crippen LogP contribution in [0, 0.1) is 5.92 Å². The van der Waals surface area contributed by atoms with E-state index in [1.54, 1.807) is 13.8 Å². The number of alkyl halides is 3. The van der Waals surface area contributed by atoms with E-state index in [4.69, 9.17) is 0 Å². The van der Waals surface area contributed by atoms with Crippen molar-refractivity contribution in [3.63, 3.8) is 0 Å². The molecule has 0 spiro atoms. The molecule has 0 aliphatic rings. The number of ketones is 1. The summed E-state index contributed by atoms with van der Waals surface area (Å²) in [5, 5.41) is 0. The average Bonchev–Trinajstić information content (AvgIpc) is 2.21. The van der Waals surface area contributed by atoms with Crippen LogP contribution in [0.1, 0.15) is 20.3 Å². The Morgan fingerprint density at radius 1 is 1.29 bits per heavy atom. The number of likely N-dealkylation sites (N-methyl/N-ethyl adjacent to an activating group) is 1. The molecule has 1 atom stereocenters. The summed E-state index contributed by atoms with van der Waals surface area (Å²) in [6.45, 7) is 3.34. The Morgan fingerprint density at radius 3 is 2.06 bits per heavy atom. The molecule has 0 radical (unpaired) electrons. The van der Waals surface area contributed by atoms with Crippen LogP contribution in [-0.4, -0.2) is 43.2 Å². The van der Waals surface area contributed by atoms with Gasteiger partial charge in [-0.25, -0.2) is 4.79 Å². The molecule has 0 rings (SSSR count). The SMILES string of the molecule is COC(=O)N(C)C(CC(C)C)C(=O)C(F)(F)F. The molecule has 17 heavy (non-hydrogen) atoms. The summed E-state index contributed by atoms with van der Waals surface area (Å²) >= 11 is 0. The van der Waals surface area contributed by atoms with Crippen molar-refractivity contribution in [2.45, 2.75) is 32.5 Å². The summed E-state index contributed by atoms with van der Waals surface area (Å²) in [5.74, 6) is -2.09. The predicted molar refractivity (Wildman–Crippen MR) is 54.5 cm³/mol. The van der Waals surface area contributed by atoms with Gasteiger partial charge < -0.3 is 9.64 Å². The summed E-state index contributed by atoms with van der Waals surface area (Å²) in [4.78, 5) is 23.0. The first-order valence-corrected chi connectivity index (χ1v) is 5.03. The lowest BCUT2D eigenvalue weighted by Crippen LogP contribution is -2.48. The van der Waals surface area contributed by atoms with Gasteiger partial charge in [0.05, 0.1) is 7.11 Å². The quantitative estimate of drug-likeness (QED) is 0.773. The fraction of sp³-hybridized carbons (Fsp3) is 0.800. The van der Waals surface area contributed by atoms with E-state index in [1.165, 1.54) is 0 Å². The molecule has 0 N–H and O–H groups in total. The predicted octanol–water partition coefficient (Wildman–Crippen LogP) is 2.23. The first kappa shape index (κ1) is 15.7. The maximum atomic E-state index is 12.3. The van der Waals surface area contributed by atoms with Crippen LogP contribution in [0.5, 0.6) is 0 Å². The maximum Gasteiger partial charge on any atom is 0.452 e. The largest absolute Gasteiger partial charge is 0.453 e. The average molecular weight is 255 g/mol. The fourth-order valence-corrected chi connectivity index (χ4v) is 1.35. The van der Waals surface area contributed by atoms with Gasteiger partial charge in [0, 0.05) is 7.05 Å². The molecule has 0 aromatic heterocycles. The Labute approximate surface area is 97.7 Å². The highest BCUT2D eigenvalue weighted by Crippen LogP contribution is 2.23. The van der Waals surface area contributed by atoms with Gasteiger partial charge in [0.1, 0.15) is 6.04 Å². The fourth-order valence-electron chi connectivity index (χ4n) is 1.35. The summed E-state index contributed by atoms with van der Waals surface area (Å²) in [6, 6.07) is -1.54. The second-order valence-corrected chi connectivity index (χ2v) is 4.09. The van der Waals surface area contributed by atoms with Gasteiger partial charge >= 0.3 is 12.3 Å². The summed E-state index contributed by atoms with van der Waals surface area (Å²) in [5.41, 5.74) is 0. The number of methoxy groups -OCH3 is 1. The van der Waals surface area contributed by atoms with Crippen LogP contribution >= 0.6 is 0 Å². The van der Waals surface area contributed by atoms with E-state index < -0.39 is 24.1 Å². The highest BCUT2D eigenvalue weighted by Gasteiger charge is 2.46. The van der Waals surface area contributed by atoms with E-state index in [1.807, 2.05) is 0 Å². The third-order valence-electron chi connectivity index (χ3n) is 2.21. The number of amides is 1. The minimum absolute atomic E-state index is 0.0655. The number of ether oxygens (including phenoxy) is 1. The zero-order valence-electron chi connectivity index (χ0n) is 10.2. The number of hydrogen-bond acceptors (Lipinski definition) is 3. The van der Waals surface area contributed by atoms with Crippen molar-refractivity contribution in [3.8, 4) is 0 Å². The Kier molecular flexibility index (Phi) is 5.44. The normalized spacial score (nSPS) is 13.4. The zero-order chi connectivity index (χ0) is 13.8. The second-order valence-electron chi connectivity index (χ2n) is 4.09. The van der Waals surface area contributed by atoms with Crippen molar-refractivity contribution in [1.82, 2.24) is 4.90 Å². The van der Waals surface area contributed by atoms with E-state index in [0.29, 0.717) is 4.90 Å². The van der Waals surface area contributed by atoms with E-state index in [9.17, 15) is 22.8 Å². The number of hydrogen-bond donors (Lipinski definition) is 0. The molecule has 0 fully saturated rings. The van der Waals surface area contributed by atoms with E-state index >= 15 is 0 Å². The van der Waals surface area contributed by atoms with Crippen LogP contribution in [0.4, 0.5) is 18.0 Å². The molecule has 0 aliphatic carbocycles. The van der Waals surface area contributed by atoms with Crippen molar-refractivity contribution < 1.29 is 27.5 Å². The van der Waals surface area contributed by atoms with Crippen LogP contribution in [0.15, 0.2) is 0 Å². The van der Waals surface area contributed by atoms with Gasteiger partial charge in [-0.05, 0) is 12.3 Å². The third kappa shape index (κ3) is 4.62. The highest BCUT2D eigenvalue weighted by atomic mass is 19.4. The number of carbonyl (C=O) groups is 2. The molecule has 0 heterocycles. The molecule has 7 heteroatoms. The van der Waals surface area contributed by atoms with Crippen molar-refractivity contribution in [3.05, 3.63) is 0 Å². The molecule has 0 saturated carbocycles. The first-order chi connectivity index (χ1) is 7.61. The van der Waals surface area contributed by atoms with Gasteiger partial charge in [-0.1, -0.05) is 13.8 Å². The second kappa shape index (κ2) is 5.88. The molecule has 0 saturated heterocycles. The number of Topliss-reactive ketones (excluding diaryl/α,β-unsaturated/α-hetero) is 1. The van der Waals surface area contributed by atoms with Gasteiger partial charge in [0.25, 0.3) is 5.78 Å². The van der Waals surface area contributed by atoms with Gasteiger partial charge in [-0.3, -0.25) is 4.79 Å². The van der Waals surface area contributed by atoms with Gasteiger partial charge in [-0.2, -0.15) is 13.2 Å². The molecule has 1 unspecified atom stereocenters. The summed E-state index contributed by atoms with van der Waals surface area (Å²) in [7, 11) is 2.16. The standard InChI is InChI=1S/C10H16F3NO3/c1-6(2)5-7(8(15)10(11,12)13)14(3)9(16)17-4/h6-7H,5H2,1-4H3. The number of rotatable bonds is 4. The van der Waals surface area contributed by atoms with Crippen LogP contribution in [-0.2, 0) is 9.53 Å². The molecular formula is C10H16F3NO3. The molecule has 1 amide bonds. The lowest BCUT2D eigenvalue weighted by atomic mass is 9.99. The van der Waals surface area contributed by atoms with Crippen molar-refractivity contribution in [2.75, 3.05) is 14.2 Å². The van der Waals surface area contributed by atoms with Crippen molar-refractivity contribution in [2.24, 2.45) is 5.92 Å². The Morgan fingerprint density at radius 2 is 1.76 bits per heavy atom. The molecule has 100 valence electrons. The minimum Gasteiger partial charge on any atom is -0.453 e. The number of carbonyl (C=O) groups excluding carboxylic acids is 2. The third-order valence-corrected chi connectivity index (χ3v) is 2.21.